The molecule has 0 spiro atoms. The lowest BCUT2D eigenvalue weighted by Crippen LogP contribution is -2.32. The minimum atomic E-state index is 0.319. The molecule has 3 heterocycles. The third kappa shape index (κ3) is 5.02. The van der Waals surface area contributed by atoms with Gasteiger partial charge in [-0.2, -0.15) is 0 Å². The maximum Gasteiger partial charge on any atom is 0.0951 e. The molecule has 0 aliphatic carbocycles. The highest BCUT2D eigenvalue weighted by Gasteiger charge is 2.20. The highest BCUT2D eigenvalue weighted by Crippen LogP contribution is 2.17. The number of hydrogen-bond acceptors (Lipinski definition) is 4. The van der Waals surface area contributed by atoms with Crippen LogP contribution in [0.1, 0.15) is 29.8 Å². The van der Waals surface area contributed by atoms with Crippen molar-refractivity contribution >= 4 is 0 Å². The molecule has 0 radical (unpaired) electrons. The van der Waals surface area contributed by atoms with Crippen molar-refractivity contribution in [2.24, 2.45) is 0 Å². The smallest absolute Gasteiger partial charge is 0.0951 e. The topological polar surface area (TPSA) is 43.2 Å². The molecule has 0 amide bonds. The van der Waals surface area contributed by atoms with Gasteiger partial charge < -0.3 is 9.30 Å². The summed E-state index contributed by atoms with van der Waals surface area (Å²) in [5, 5.41) is 0. The van der Waals surface area contributed by atoms with Crippen molar-refractivity contribution in [1.29, 1.82) is 0 Å². The number of hydrogen-bond donors (Lipinski definition) is 0. The van der Waals surface area contributed by atoms with Crippen molar-refractivity contribution in [3.63, 3.8) is 0 Å². The van der Waals surface area contributed by atoms with Gasteiger partial charge in [0.1, 0.15) is 0 Å². The van der Waals surface area contributed by atoms with Gasteiger partial charge in [-0.1, -0.05) is 36.4 Å². The van der Waals surface area contributed by atoms with Gasteiger partial charge in [0.05, 0.1) is 23.8 Å². The summed E-state index contributed by atoms with van der Waals surface area (Å²) in [7, 11) is 0. The molecule has 5 heteroatoms. The van der Waals surface area contributed by atoms with E-state index < -0.39 is 0 Å². The number of pyridine rings is 1. The monoisotopic (exact) mass is 362 g/mol. The third-order valence-corrected chi connectivity index (χ3v) is 4.98. The van der Waals surface area contributed by atoms with Crippen LogP contribution in [-0.2, 0) is 24.4 Å². The van der Waals surface area contributed by atoms with E-state index in [2.05, 4.69) is 55.8 Å². The first-order valence-corrected chi connectivity index (χ1v) is 9.63. The summed E-state index contributed by atoms with van der Waals surface area (Å²) in [5.74, 6) is 0. The molecule has 0 N–H and O–H groups in total. The van der Waals surface area contributed by atoms with Gasteiger partial charge in [-0.25, -0.2) is 4.98 Å². The molecule has 140 valence electrons. The SMILES string of the molecule is c1ccc(Cn2cncc2CN(Cc2ccccn2)CC2CCCO2)cc1. The molecular weight excluding hydrogens is 336 g/mol. The molecule has 27 heavy (non-hydrogen) atoms. The molecule has 1 saturated heterocycles. The number of aromatic nitrogens is 3. The molecule has 0 bridgehead atoms. The number of rotatable bonds is 8. The lowest BCUT2D eigenvalue weighted by atomic mass is 10.2. The van der Waals surface area contributed by atoms with Crippen LogP contribution in [0.5, 0.6) is 0 Å². The Morgan fingerprint density at radius 3 is 2.74 bits per heavy atom. The predicted octanol–water partition coefficient (Wildman–Crippen LogP) is 3.51. The second-order valence-corrected chi connectivity index (χ2v) is 7.12. The fourth-order valence-corrected chi connectivity index (χ4v) is 3.61. The van der Waals surface area contributed by atoms with E-state index in [9.17, 15) is 0 Å². The molecule has 3 aromatic rings. The lowest BCUT2D eigenvalue weighted by Gasteiger charge is -2.25. The number of benzene rings is 1. The fraction of sp³-hybridized carbons (Fsp3) is 0.364. The molecule has 1 aliphatic heterocycles. The minimum absolute atomic E-state index is 0.319. The number of ether oxygens (including phenoxy) is 1. The van der Waals surface area contributed by atoms with Crippen LogP contribution in [0.25, 0.3) is 0 Å². The quantitative estimate of drug-likeness (QED) is 0.615. The Hall–Kier alpha value is -2.50. The maximum atomic E-state index is 5.88. The summed E-state index contributed by atoms with van der Waals surface area (Å²) < 4.78 is 8.11. The Morgan fingerprint density at radius 1 is 1.07 bits per heavy atom. The Bertz CT molecular complexity index is 813. The van der Waals surface area contributed by atoms with Gasteiger partial charge in [-0.05, 0) is 30.5 Å². The maximum absolute atomic E-state index is 5.88. The summed E-state index contributed by atoms with van der Waals surface area (Å²) in [5.41, 5.74) is 3.59. The highest BCUT2D eigenvalue weighted by atomic mass is 16.5. The van der Waals surface area contributed by atoms with Crippen LogP contribution in [-0.4, -0.2) is 38.7 Å². The van der Waals surface area contributed by atoms with E-state index >= 15 is 0 Å². The van der Waals surface area contributed by atoms with Crippen molar-refractivity contribution in [1.82, 2.24) is 19.4 Å². The molecule has 2 aromatic heterocycles. The standard InChI is InChI=1S/C22H26N4O/c1-2-7-19(8-3-1)14-26-18-23-13-21(26)16-25(17-22-10-6-12-27-22)15-20-9-4-5-11-24-20/h1-5,7-9,11,13,18,22H,6,10,12,14-17H2. The summed E-state index contributed by atoms with van der Waals surface area (Å²) in [6, 6.07) is 16.6. The lowest BCUT2D eigenvalue weighted by molar-refractivity contribution is 0.0667. The second-order valence-electron chi connectivity index (χ2n) is 7.12. The molecule has 1 aliphatic rings. The molecule has 1 unspecified atom stereocenters. The zero-order valence-corrected chi connectivity index (χ0v) is 15.6. The van der Waals surface area contributed by atoms with E-state index in [0.717, 1.165) is 51.3 Å². The van der Waals surface area contributed by atoms with Gasteiger partial charge in [-0.15, -0.1) is 0 Å². The zero-order chi connectivity index (χ0) is 18.3. The van der Waals surface area contributed by atoms with E-state index in [1.54, 1.807) is 0 Å². The van der Waals surface area contributed by atoms with Gasteiger partial charge in [0.2, 0.25) is 0 Å². The van der Waals surface area contributed by atoms with Crippen LogP contribution in [0.3, 0.4) is 0 Å². The summed E-state index contributed by atoms with van der Waals surface area (Å²) in [6.07, 6.45) is 8.38. The van der Waals surface area contributed by atoms with Crippen LogP contribution in [0.4, 0.5) is 0 Å². The first kappa shape index (κ1) is 17.9. The average molecular weight is 362 g/mol. The molecule has 1 atom stereocenters. The van der Waals surface area contributed by atoms with Crippen molar-refractivity contribution < 1.29 is 4.74 Å². The highest BCUT2D eigenvalue weighted by molar-refractivity contribution is 5.16. The van der Waals surface area contributed by atoms with Gasteiger partial charge >= 0.3 is 0 Å². The summed E-state index contributed by atoms with van der Waals surface area (Å²) in [4.78, 5) is 11.3. The van der Waals surface area contributed by atoms with E-state index in [0.29, 0.717) is 6.10 Å². The van der Waals surface area contributed by atoms with E-state index in [1.165, 1.54) is 11.3 Å². The molecule has 1 fully saturated rings. The van der Waals surface area contributed by atoms with Crippen molar-refractivity contribution in [2.45, 2.75) is 38.6 Å². The first-order valence-electron chi connectivity index (χ1n) is 9.63. The van der Waals surface area contributed by atoms with Crippen LogP contribution in [0.15, 0.2) is 67.3 Å². The van der Waals surface area contributed by atoms with Crippen LogP contribution >= 0.6 is 0 Å². The third-order valence-electron chi connectivity index (χ3n) is 4.98. The number of nitrogens with zero attached hydrogens (tertiary/aromatic N) is 4. The fourth-order valence-electron chi connectivity index (χ4n) is 3.61. The van der Waals surface area contributed by atoms with Crippen molar-refractivity contribution in [3.8, 4) is 0 Å². The molecule has 4 rings (SSSR count). The average Bonchev–Trinajstić information content (AvgIpc) is 3.36. The second kappa shape index (κ2) is 8.93. The van der Waals surface area contributed by atoms with Gasteiger partial charge in [-0.3, -0.25) is 9.88 Å². The van der Waals surface area contributed by atoms with Crippen molar-refractivity contribution in [2.75, 3.05) is 13.2 Å². The van der Waals surface area contributed by atoms with E-state index in [-0.39, 0.29) is 0 Å². The van der Waals surface area contributed by atoms with Gasteiger partial charge in [0.25, 0.3) is 0 Å². The predicted molar refractivity (Wildman–Crippen MR) is 105 cm³/mol. The van der Waals surface area contributed by atoms with Crippen molar-refractivity contribution in [3.05, 3.63) is 84.2 Å². The summed E-state index contributed by atoms with van der Waals surface area (Å²) in [6.45, 7) is 4.30. The van der Waals surface area contributed by atoms with E-state index in [4.69, 9.17) is 4.74 Å². The van der Waals surface area contributed by atoms with E-state index in [1.807, 2.05) is 30.9 Å². The largest absolute Gasteiger partial charge is 0.377 e. The Balaban J connectivity index is 1.48. The molecule has 1 aromatic carbocycles. The van der Waals surface area contributed by atoms with Gasteiger partial charge in [0, 0.05) is 45.2 Å². The zero-order valence-electron chi connectivity index (χ0n) is 15.6. The van der Waals surface area contributed by atoms with Crippen LogP contribution < -0.4 is 0 Å². The summed E-state index contributed by atoms with van der Waals surface area (Å²) >= 11 is 0. The van der Waals surface area contributed by atoms with Crippen LogP contribution in [0, 0.1) is 0 Å². The molecule has 5 nitrogen and oxygen atoms in total. The Morgan fingerprint density at radius 2 is 1.96 bits per heavy atom. The van der Waals surface area contributed by atoms with Gasteiger partial charge in [0.15, 0.2) is 0 Å². The number of imidazole rings is 1. The van der Waals surface area contributed by atoms with Crippen LogP contribution in [0.2, 0.25) is 0 Å². The first-order chi connectivity index (χ1) is 13.4. The molecule has 0 saturated carbocycles. The Kier molecular flexibility index (Phi) is 5.92. The normalized spacial score (nSPS) is 16.9. The Labute approximate surface area is 160 Å². The molecular formula is C22H26N4O. The minimum Gasteiger partial charge on any atom is -0.377 e.